The van der Waals surface area contributed by atoms with Crippen LogP contribution >= 0.6 is 0 Å². The second-order valence-electron chi connectivity index (χ2n) is 3.91. The molecule has 0 saturated carbocycles. The van der Waals surface area contributed by atoms with Crippen LogP contribution in [0.4, 0.5) is 13.2 Å². The number of alkyl halides is 3. The Balaban J connectivity index is 2.64. The van der Waals surface area contributed by atoms with Crippen molar-refractivity contribution in [2.24, 2.45) is 0 Å². The monoisotopic (exact) mass is 283 g/mol. The molecule has 0 saturated heterocycles. The number of aromatic carboxylic acids is 1. The van der Waals surface area contributed by atoms with Gasteiger partial charge in [-0.15, -0.1) is 0 Å². The van der Waals surface area contributed by atoms with Gasteiger partial charge in [0.1, 0.15) is 17.0 Å². The maximum absolute atomic E-state index is 12.6. The molecule has 0 atom stereocenters. The average Bonchev–Trinajstić information content (AvgIpc) is 2.37. The van der Waals surface area contributed by atoms with Gasteiger partial charge in [-0.3, -0.25) is 0 Å². The van der Waals surface area contributed by atoms with Crippen LogP contribution in [0.2, 0.25) is 0 Å². The SMILES string of the molecule is O=C(O)c1c(O)cccc1-c1cccc(C(F)(F)F)n1. The second-order valence-corrected chi connectivity index (χ2v) is 3.91. The fraction of sp³-hybridized carbons (Fsp3) is 0.0769. The number of nitrogens with zero attached hydrogens (tertiary/aromatic N) is 1. The molecular formula is C13H8F3NO3. The smallest absolute Gasteiger partial charge is 0.433 e. The van der Waals surface area contributed by atoms with E-state index in [1.165, 1.54) is 18.2 Å². The highest BCUT2D eigenvalue weighted by atomic mass is 19.4. The fourth-order valence-electron chi connectivity index (χ4n) is 1.72. The molecule has 2 N–H and O–H groups in total. The number of halogens is 3. The predicted molar refractivity (Wildman–Crippen MR) is 63.3 cm³/mol. The molecular weight excluding hydrogens is 275 g/mol. The van der Waals surface area contributed by atoms with E-state index in [0.29, 0.717) is 0 Å². The lowest BCUT2D eigenvalue weighted by molar-refractivity contribution is -0.141. The summed E-state index contributed by atoms with van der Waals surface area (Å²) >= 11 is 0. The molecule has 20 heavy (non-hydrogen) atoms. The zero-order chi connectivity index (χ0) is 14.9. The lowest BCUT2D eigenvalue weighted by Gasteiger charge is -2.10. The number of aromatic hydroxyl groups is 1. The molecule has 0 radical (unpaired) electrons. The number of hydrogen-bond donors (Lipinski definition) is 2. The topological polar surface area (TPSA) is 70.4 Å². The van der Waals surface area contributed by atoms with Crippen LogP contribution in [0.1, 0.15) is 16.1 Å². The van der Waals surface area contributed by atoms with Gasteiger partial charge in [-0.2, -0.15) is 13.2 Å². The average molecular weight is 283 g/mol. The van der Waals surface area contributed by atoms with Crippen molar-refractivity contribution in [3.05, 3.63) is 47.7 Å². The summed E-state index contributed by atoms with van der Waals surface area (Å²) < 4.78 is 37.8. The van der Waals surface area contributed by atoms with E-state index in [0.717, 1.165) is 18.2 Å². The quantitative estimate of drug-likeness (QED) is 0.888. The van der Waals surface area contributed by atoms with E-state index in [1.807, 2.05) is 0 Å². The third-order valence-corrected chi connectivity index (χ3v) is 2.57. The van der Waals surface area contributed by atoms with Gasteiger partial charge in [0.05, 0.1) is 5.69 Å². The highest BCUT2D eigenvalue weighted by Gasteiger charge is 2.32. The Morgan fingerprint density at radius 3 is 2.35 bits per heavy atom. The molecule has 2 rings (SSSR count). The molecule has 0 aliphatic heterocycles. The van der Waals surface area contributed by atoms with Crippen LogP contribution in [0.5, 0.6) is 5.75 Å². The molecule has 7 heteroatoms. The van der Waals surface area contributed by atoms with Gasteiger partial charge in [0.15, 0.2) is 0 Å². The van der Waals surface area contributed by atoms with E-state index in [2.05, 4.69) is 4.98 Å². The van der Waals surface area contributed by atoms with Gasteiger partial charge in [-0.25, -0.2) is 9.78 Å². The minimum absolute atomic E-state index is 0.0800. The Morgan fingerprint density at radius 1 is 1.10 bits per heavy atom. The lowest BCUT2D eigenvalue weighted by atomic mass is 10.0. The fourth-order valence-corrected chi connectivity index (χ4v) is 1.72. The Kier molecular flexibility index (Phi) is 3.35. The molecule has 2 aromatic rings. The number of carboxylic acid groups (broad SMARTS) is 1. The number of aromatic nitrogens is 1. The summed E-state index contributed by atoms with van der Waals surface area (Å²) in [5, 5.41) is 18.5. The molecule has 0 fully saturated rings. The summed E-state index contributed by atoms with van der Waals surface area (Å²) in [6, 6.07) is 6.91. The van der Waals surface area contributed by atoms with E-state index >= 15 is 0 Å². The van der Waals surface area contributed by atoms with E-state index in [-0.39, 0.29) is 11.3 Å². The number of carboxylic acids is 1. The molecule has 1 heterocycles. The molecule has 0 spiro atoms. The van der Waals surface area contributed by atoms with Gasteiger partial charge in [0, 0.05) is 5.56 Å². The van der Waals surface area contributed by atoms with Crippen LogP contribution in [0.25, 0.3) is 11.3 Å². The van der Waals surface area contributed by atoms with Crippen molar-refractivity contribution in [1.82, 2.24) is 4.98 Å². The van der Waals surface area contributed by atoms with E-state index in [4.69, 9.17) is 5.11 Å². The summed E-state index contributed by atoms with van der Waals surface area (Å²) in [6.07, 6.45) is -4.63. The minimum atomic E-state index is -4.63. The van der Waals surface area contributed by atoms with Crippen molar-refractivity contribution in [1.29, 1.82) is 0 Å². The van der Waals surface area contributed by atoms with Crippen molar-refractivity contribution in [3.63, 3.8) is 0 Å². The van der Waals surface area contributed by atoms with Gasteiger partial charge < -0.3 is 10.2 Å². The minimum Gasteiger partial charge on any atom is -0.507 e. The summed E-state index contributed by atoms with van der Waals surface area (Å²) in [7, 11) is 0. The second kappa shape index (κ2) is 4.84. The molecule has 0 bridgehead atoms. The maximum atomic E-state index is 12.6. The molecule has 4 nitrogen and oxygen atoms in total. The van der Waals surface area contributed by atoms with Gasteiger partial charge in [-0.1, -0.05) is 18.2 Å². The number of carbonyl (C=O) groups is 1. The van der Waals surface area contributed by atoms with E-state index < -0.39 is 29.2 Å². The van der Waals surface area contributed by atoms with Gasteiger partial charge in [0.2, 0.25) is 0 Å². The summed E-state index contributed by atoms with van der Waals surface area (Å²) in [5.41, 5.74) is -1.87. The normalized spacial score (nSPS) is 11.3. The van der Waals surface area contributed by atoms with Crippen LogP contribution in [0.3, 0.4) is 0 Å². The summed E-state index contributed by atoms with van der Waals surface area (Å²) in [4.78, 5) is 14.5. The van der Waals surface area contributed by atoms with Gasteiger partial charge in [0.25, 0.3) is 0 Å². The highest BCUT2D eigenvalue weighted by molar-refractivity contribution is 5.98. The zero-order valence-corrected chi connectivity index (χ0v) is 9.85. The lowest BCUT2D eigenvalue weighted by Crippen LogP contribution is -2.09. The molecule has 1 aromatic carbocycles. The van der Waals surface area contributed by atoms with E-state index in [1.54, 1.807) is 0 Å². The largest absolute Gasteiger partial charge is 0.507 e. The van der Waals surface area contributed by atoms with Crippen molar-refractivity contribution in [2.45, 2.75) is 6.18 Å². The van der Waals surface area contributed by atoms with Crippen molar-refractivity contribution >= 4 is 5.97 Å². The summed E-state index contributed by atoms with van der Waals surface area (Å²) in [5.74, 6) is -1.98. The summed E-state index contributed by atoms with van der Waals surface area (Å²) in [6.45, 7) is 0. The first-order valence-electron chi connectivity index (χ1n) is 5.40. The molecule has 0 aliphatic rings. The molecule has 0 aliphatic carbocycles. The molecule has 0 amide bonds. The van der Waals surface area contributed by atoms with Crippen LogP contribution in [0.15, 0.2) is 36.4 Å². The van der Waals surface area contributed by atoms with Crippen LogP contribution in [-0.4, -0.2) is 21.2 Å². The first kappa shape index (κ1) is 13.9. The van der Waals surface area contributed by atoms with Crippen molar-refractivity contribution in [3.8, 4) is 17.0 Å². The Hall–Kier alpha value is -2.57. The number of phenols is 1. The number of benzene rings is 1. The van der Waals surface area contributed by atoms with Crippen LogP contribution in [-0.2, 0) is 6.18 Å². The van der Waals surface area contributed by atoms with Gasteiger partial charge in [-0.05, 0) is 18.2 Å². The molecule has 104 valence electrons. The van der Waals surface area contributed by atoms with E-state index in [9.17, 15) is 23.1 Å². The van der Waals surface area contributed by atoms with Crippen LogP contribution in [0, 0.1) is 0 Å². The first-order chi connectivity index (χ1) is 9.30. The van der Waals surface area contributed by atoms with Crippen LogP contribution < -0.4 is 0 Å². The standard InChI is InChI=1S/C13H8F3NO3/c14-13(15,16)10-6-2-4-8(17-10)7-3-1-5-9(18)11(7)12(19)20/h1-6,18H,(H,19,20). The number of pyridine rings is 1. The molecule has 1 aromatic heterocycles. The Bertz CT molecular complexity index is 668. The third-order valence-electron chi connectivity index (χ3n) is 2.57. The zero-order valence-electron chi connectivity index (χ0n) is 9.85. The maximum Gasteiger partial charge on any atom is 0.433 e. The third kappa shape index (κ3) is 2.56. The Morgan fingerprint density at radius 2 is 1.75 bits per heavy atom. The molecule has 0 unspecified atom stereocenters. The van der Waals surface area contributed by atoms with Crippen molar-refractivity contribution in [2.75, 3.05) is 0 Å². The van der Waals surface area contributed by atoms with Crippen molar-refractivity contribution < 1.29 is 28.2 Å². The Labute approximate surface area is 111 Å². The number of hydrogen-bond acceptors (Lipinski definition) is 3. The predicted octanol–water partition coefficient (Wildman–Crippen LogP) is 3.17. The highest BCUT2D eigenvalue weighted by Crippen LogP contribution is 2.32. The first-order valence-corrected chi connectivity index (χ1v) is 5.40. The van der Waals surface area contributed by atoms with Gasteiger partial charge >= 0.3 is 12.1 Å². The number of rotatable bonds is 2.